The van der Waals surface area contributed by atoms with Crippen LogP contribution in [-0.4, -0.2) is 20.6 Å². The zero-order chi connectivity index (χ0) is 12.3. The van der Waals surface area contributed by atoms with Gasteiger partial charge in [0.05, 0.1) is 6.54 Å². The monoisotopic (exact) mass is 359 g/mol. The number of benzene rings is 1. The summed E-state index contributed by atoms with van der Waals surface area (Å²) >= 11 is 6.98. The van der Waals surface area contributed by atoms with Crippen molar-refractivity contribution in [1.29, 1.82) is 0 Å². The summed E-state index contributed by atoms with van der Waals surface area (Å²) < 4.78 is 2.12. The molecule has 90 valence electrons. The SMILES string of the molecule is CC(NCc1nn[nH]n1)c1ccc(Br)cc1Br. The Hall–Kier alpha value is -0.790. The van der Waals surface area contributed by atoms with E-state index in [-0.39, 0.29) is 6.04 Å². The van der Waals surface area contributed by atoms with Crippen LogP contribution >= 0.6 is 31.9 Å². The summed E-state index contributed by atoms with van der Waals surface area (Å²) in [4.78, 5) is 0. The molecule has 1 aromatic heterocycles. The number of hydrogen-bond acceptors (Lipinski definition) is 4. The van der Waals surface area contributed by atoms with Crippen molar-refractivity contribution >= 4 is 31.9 Å². The van der Waals surface area contributed by atoms with Gasteiger partial charge in [-0.15, -0.1) is 10.2 Å². The average Bonchev–Trinajstić information content (AvgIpc) is 2.78. The van der Waals surface area contributed by atoms with E-state index in [2.05, 4.69) is 70.8 Å². The van der Waals surface area contributed by atoms with E-state index >= 15 is 0 Å². The lowest BCUT2D eigenvalue weighted by Crippen LogP contribution is -2.19. The summed E-state index contributed by atoms with van der Waals surface area (Å²) in [5.74, 6) is 0.657. The fourth-order valence-electron chi connectivity index (χ4n) is 1.46. The van der Waals surface area contributed by atoms with Gasteiger partial charge < -0.3 is 5.32 Å². The molecule has 0 spiro atoms. The van der Waals surface area contributed by atoms with Crippen LogP contribution in [0.1, 0.15) is 24.4 Å². The number of rotatable bonds is 4. The first kappa shape index (κ1) is 12.7. The molecule has 0 fully saturated rings. The smallest absolute Gasteiger partial charge is 0.188 e. The maximum Gasteiger partial charge on any atom is 0.188 e. The molecule has 17 heavy (non-hydrogen) atoms. The number of aromatic nitrogens is 4. The molecule has 2 N–H and O–H groups in total. The highest BCUT2D eigenvalue weighted by atomic mass is 79.9. The number of nitrogens with one attached hydrogen (secondary N) is 2. The number of halogens is 2. The van der Waals surface area contributed by atoms with Crippen molar-refractivity contribution in [2.45, 2.75) is 19.5 Å². The highest BCUT2D eigenvalue weighted by Crippen LogP contribution is 2.26. The Bertz CT molecular complexity index is 485. The predicted octanol–water partition coefficient (Wildman–Crippen LogP) is 2.58. The minimum absolute atomic E-state index is 0.205. The molecule has 1 aromatic carbocycles. The maximum absolute atomic E-state index is 3.89. The predicted molar refractivity (Wildman–Crippen MR) is 71.3 cm³/mol. The zero-order valence-electron chi connectivity index (χ0n) is 9.11. The Labute approximate surface area is 116 Å². The van der Waals surface area contributed by atoms with Crippen LogP contribution in [0.5, 0.6) is 0 Å². The quantitative estimate of drug-likeness (QED) is 0.879. The Morgan fingerprint density at radius 2 is 2.24 bits per heavy atom. The van der Waals surface area contributed by atoms with Crippen LogP contribution in [0.3, 0.4) is 0 Å². The third kappa shape index (κ3) is 3.34. The molecule has 1 unspecified atom stereocenters. The molecule has 0 bridgehead atoms. The molecule has 0 aliphatic carbocycles. The minimum Gasteiger partial charge on any atom is -0.303 e. The second-order valence-electron chi connectivity index (χ2n) is 3.60. The van der Waals surface area contributed by atoms with Crippen molar-refractivity contribution in [2.75, 3.05) is 0 Å². The molecular weight excluding hydrogens is 350 g/mol. The second-order valence-corrected chi connectivity index (χ2v) is 5.37. The first-order valence-electron chi connectivity index (χ1n) is 5.07. The third-order valence-corrected chi connectivity index (χ3v) is 3.56. The van der Waals surface area contributed by atoms with Gasteiger partial charge in [0.2, 0.25) is 0 Å². The van der Waals surface area contributed by atoms with Crippen LogP contribution in [0.2, 0.25) is 0 Å². The van der Waals surface area contributed by atoms with Gasteiger partial charge in [-0.1, -0.05) is 43.1 Å². The molecule has 0 amide bonds. The van der Waals surface area contributed by atoms with Gasteiger partial charge >= 0.3 is 0 Å². The lowest BCUT2D eigenvalue weighted by molar-refractivity contribution is 0.558. The van der Waals surface area contributed by atoms with E-state index in [0.29, 0.717) is 12.4 Å². The van der Waals surface area contributed by atoms with Gasteiger partial charge in [-0.25, -0.2) is 0 Å². The molecule has 7 heteroatoms. The first-order valence-corrected chi connectivity index (χ1v) is 6.66. The molecule has 2 aromatic rings. The second kappa shape index (κ2) is 5.70. The van der Waals surface area contributed by atoms with Crippen LogP contribution in [0.4, 0.5) is 0 Å². The molecule has 1 atom stereocenters. The van der Waals surface area contributed by atoms with E-state index in [1.54, 1.807) is 0 Å². The van der Waals surface area contributed by atoms with Crippen LogP contribution < -0.4 is 5.32 Å². The molecule has 0 saturated carbocycles. The van der Waals surface area contributed by atoms with Crippen molar-refractivity contribution in [3.05, 3.63) is 38.5 Å². The summed E-state index contributed by atoms with van der Waals surface area (Å²) in [6.07, 6.45) is 0. The lowest BCUT2D eigenvalue weighted by Gasteiger charge is -2.14. The highest BCUT2D eigenvalue weighted by molar-refractivity contribution is 9.11. The van der Waals surface area contributed by atoms with E-state index in [0.717, 1.165) is 8.95 Å². The largest absolute Gasteiger partial charge is 0.303 e. The maximum atomic E-state index is 3.89. The van der Waals surface area contributed by atoms with Crippen molar-refractivity contribution in [2.24, 2.45) is 0 Å². The fourth-order valence-corrected chi connectivity index (χ4v) is 2.85. The van der Waals surface area contributed by atoms with Crippen molar-refractivity contribution < 1.29 is 0 Å². The van der Waals surface area contributed by atoms with Crippen LogP contribution in [-0.2, 0) is 6.54 Å². The molecule has 1 heterocycles. The molecular formula is C10H11Br2N5. The van der Waals surface area contributed by atoms with Gasteiger partial charge in [-0.2, -0.15) is 5.21 Å². The molecule has 0 aliphatic rings. The van der Waals surface area contributed by atoms with Crippen LogP contribution in [0.15, 0.2) is 27.1 Å². The molecule has 0 aliphatic heterocycles. The van der Waals surface area contributed by atoms with E-state index in [1.807, 2.05) is 12.1 Å². The summed E-state index contributed by atoms with van der Waals surface area (Å²) in [7, 11) is 0. The molecule has 5 nitrogen and oxygen atoms in total. The van der Waals surface area contributed by atoms with E-state index in [1.165, 1.54) is 5.56 Å². The highest BCUT2D eigenvalue weighted by Gasteiger charge is 2.10. The Morgan fingerprint density at radius 3 is 2.88 bits per heavy atom. The van der Waals surface area contributed by atoms with Gasteiger partial charge in [0, 0.05) is 15.0 Å². The number of H-pyrrole nitrogens is 1. The summed E-state index contributed by atoms with van der Waals surface area (Å²) in [6.45, 7) is 2.67. The number of hydrogen-bond donors (Lipinski definition) is 2. The van der Waals surface area contributed by atoms with Crippen molar-refractivity contribution in [3.63, 3.8) is 0 Å². The minimum atomic E-state index is 0.205. The molecule has 0 radical (unpaired) electrons. The third-order valence-electron chi connectivity index (χ3n) is 2.38. The van der Waals surface area contributed by atoms with Gasteiger partial charge in [0.1, 0.15) is 0 Å². The summed E-state index contributed by atoms with van der Waals surface area (Å²) in [5.41, 5.74) is 1.19. The van der Waals surface area contributed by atoms with E-state index in [9.17, 15) is 0 Å². The number of tetrazole rings is 1. The fraction of sp³-hybridized carbons (Fsp3) is 0.300. The van der Waals surface area contributed by atoms with Crippen molar-refractivity contribution in [3.8, 4) is 0 Å². The van der Waals surface area contributed by atoms with Crippen LogP contribution in [0, 0.1) is 0 Å². The summed E-state index contributed by atoms with van der Waals surface area (Å²) in [6, 6.07) is 6.33. The molecule has 2 rings (SSSR count). The topological polar surface area (TPSA) is 66.5 Å². The van der Waals surface area contributed by atoms with Gasteiger partial charge in [-0.3, -0.25) is 0 Å². The van der Waals surface area contributed by atoms with Crippen molar-refractivity contribution in [1.82, 2.24) is 25.9 Å². The normalized spacial score (nSPS) is 12.6. The summed E-state index contributed by atoms with van der Waals surface area (Å²) in [5, 5.41) is 17.0. The number of nitrogens with zero attached hydrogens (tertiary/aromatic N) is 3. The van der Waals surface area contributed by atoms with E-state index in [4.69, 9.17) is 0 Å². The van der Waals surface area contributed by atoms with Gasteiger partial charge in [0.25, 0.3) is 0 Å². The first-order chi connectivity index (χ1) is 8.16. The molecule has 0 saturated heterocycles. The van der Waals surface area contributed by atoms with E-state index < -0.39 is 0 Å². The van der Waals surface area contributed by atoms with Gasteiger partial charge in [-0.05, 0) is 24.6 Å². The Morgan fingerprint density at radius 1 is 1.41 bits per heavy atom. The Kier molecular flexibility index (Phi) is 4.25. The zero-order valence-corrected chi connectivity index (χ0v) is 12.3. The standard InChI is InChI=1S/C10H11Br2N5/c1-6(13-5-10-14-16-17-15-10)8-3-2-7(11)4-9(8)12/h2-4,6,13H,5H2,1H3,(H,14,15,16,17). The average molecular weight is 361 g/mol. The number of aromatic amines is 1. The lowest BCUT2D eigenvalue weighted by atomic mass is 10.1. The van der Waals surface area contributed by atoms with Gasteiger partial charge in [0.15, 0.2) is 5.82 Å². The van der Waals surface area contributed by atoms with Crippen LogP contribution in [0.25, 0.3) is 0 Å². The Balaban J connectivity index is 2.01.